The average molecular weight is 331 g/mol. The third kappa shape index (κ3) is 3.29. The maximum atomic E-state index is 12.4. The molecule has 0 fully saturated rings. The SMILES string of the molecule is CC(=O)Nc1ccc(S(=O)(=O)Nc2ccc3nncn3c2)cc1. The largest absolute Gasteiger partial charge is 0.326 e. The zero-order valence-corrected chi connectivity index (χ0v) is 12.9. The van der Waals surface area contributed by atoms with Crippen LogP contribution >= 0.6 is 0 Å². The standard InChI is InChI=1S/C14H13N5O3S/c1-10(20)16-11-2-5-13(6-3-11)23(21,22)18-12-4-7-14-17-15-9-19(14)8-12/h2-9,18H,1H3,(H,16,20). The van der Waals surface area contributed by atoms with Crippen LogP contribution in [-0.2, 0) is 14.8 Å². The molecule has 2 heterocycles. The lowest BCUT2D eigenvalue weighted by atomic mass is 10.3. The smallest absolute Gasteiger partial charge is 0.261 e. The Morgan fingerprint density at radius 2 is 1.78 bits per heavy atom. The Balaban J connectivity index is 1.84. The lowest BCUT2D eigenvalue weighted by Gasteiger charge is -2.09. The first-order valence-electron chi connectivity index (χ1n) is 6.64. The molecule has 8 nitrogen and oxygen atoms in total. The highest BCUT2D eigenvalue weighted by Gasteiger charge is 2.14. The van der Waals surface area contributed by atoms with Crippen LogP contribution in [0.25, 0.3) is 5.65 Å². The van der Waals surface area contributed by atoms with Crippen LogP contribution in [0.1, 0.15) is 6.92 Å². The highest BCUT2D eigenvalue weighted by Crippen LogP contribution is 2.18. The molecule has 0 atom stereocenters. The summed E-state index contributed by atoms with van der Waals surface area (Å²) in [5.74, 6) is -0.221. The lowest BCUT2D eigenvalue weighted by Crippen LogP contribution is -2.13. The van der Waals surface area contributed by atoms with E-state index in [-0.39, 0.29) is 10.8 Å². The van der Waals surface area contributed by atoms with Gasteiger partial charge in [0.05, 0.1) is 10.6 Å². The molecule has 118 valence electrons. The number of nitrogens with one attached hydrogen (secondary N) is 2. The molecular weight excluding hydrogens is 318 g/mol. The van der Waals surface area contributed by atoms with Crippen LogP contribution in [-0.4, -0.2) is 28.9 Å². The predicted molar refractivity (Wildman–Crippen MR) is 84.5 cm³/mol. The average Bonchev–Trinajstić information content (AvgIpc) is 2.94. The minimum absolute atomic E-state index is 0.0930. The molecule has 0 aliphatic rings. The van der Waals surface area contributed by atoms with E-state index in [1.807, 2.05) is 0 Å². The van der Waals surface area contributed by atoms with Crippen molar-refractivity contribution in [2.75, 3.05) is 10.0 Å². The Kier molecular flexibility index (Phi) is 3.70. The summed E-state index contributed by atoms with van der Waals surface area (Å²) in [6.45, 7) is 1.38. The summed E-state index contributed by atoms with van der Waals surface area (Å²) >= 11 is 0. The molecule has 2 aromatic heterocycles. The molecule has 1 aromatic carbocycles. The Hall–Kier alpha value is -2.94. The number of carbonyl (C=O) groups is 1. The second-order valence-electron chi connectivity index (χ2n) is 4.83. The van der Waals surface area contributed by atoms with Crippen molar-refractivity contribution >= 4 is 33.0 Å². The summed E-state index contributed by atoms with van der Waals surface area (Å²) in [6.07, 6.45) is 3.06. The number of nitrogens with zero attached hydrogens (tertiary/aromatic N) is 3. The van der Waals surface area contributed by atoms with Crippen molar-refractivity contribution in [1.82, 2.24) is 14.6 Å². The van der Waals surface area contributed by atoms with Crippen LogP contribution in [0.4, 0.5) is 11.4 Å². The zero-order valence-electron chi connectivity index (χ0n) is 12.1. The van der Waals surface area contributed by atoms with E-state index in [4.69, 9.17) is 0 Å². The van der Waals surface area contributed by atoms with Gasteiger partial charge in [0, 0.05) is 18.8 Å². The van der Waals surface area contributed by atoms with E-state index in [1.54, 1.807) is 22.7 Å². The molecule has 0 aliphatic heterocycles. The number of sulfonamides is 1. The van der Waals surface area contributed by atoms with Gasteiger partial charge in [-0.2, -0.15) is 0 Å². The number of hydrogen-bond acceptors (Lipinski definition) is 5. The van der Waals surface area contributed by atoms with E-state index in [0.717, 1.165) is 0 Å². The van der Waals surface area contributed by atoms with Crippen LogP contribution < -0.4 is 10.0 Å². The maximum Gasteiger partial charge on any atom is 0.261 e. The van der Waals surface area contributed by atoms with Crippen LogP contribution in [0, 0.1) is 0 Å². The van der Waals surface area contributed by atoms with E-state index < -0.39 is 10.0 Å². The van der Waals surface area contributed by atoms with Crippen molar-refractivity contribution in [1.29, 1.82) is 0 Å². The number of fused-ring (bicyclic) bond motifs is 1. The second-order valence-corrected chi connectivity index (χ2v) is 6.51. The molecule has 2 N–H and O–H groups in total. The van der Waals surface area contributed by atoms with E-state index in [0.29, 0.717) is 17.0 Å². The highest BCUT2D eigenvalue weighted by molar-refractivity contribution is 7.92. The van der Waals surface area contributed by atoms with Crippen LogP contribution in [0.2, 0.25) is 0 Å². The van der Waals surface area contributed by atoms with Gasteiger partial charge < -0.3 is 5.32 Å². The van der Waals surface area contributed by atoms with Gasteiger partial charge in [0.25, 0.3) is 10.0 Å². The Bertz CT molecular complexity index is 964. The number of carbonyl (C=O) groups excluding carboxylic acids is 1. The fraction of sp³-hybridized carbons (Fsp3) is 0.0714. The summed E-state index contributed by atoms with van der Waals surface area (Å²) < 4.78 is 28.8. The van der Waals surface area contributed by atoms with Gasteiger partial charge in [-0.1, -0.05) is 0 Å². The third-order valence-electron chi connectivity index (χ3n) is 3.03. The fourth-order valence-corrected chi connectivity index (χ4v) is 3.07. The second kappa shape index (κ2) is 5.69. The number of benzene rings is 1. The number of anilines is 2. The number of rotatable bonds is 4. The van der Waals surface area contributed by atoms with Crippen molar-refractivity contribution in [2.24, 2.45) is 0 Å². The van der Waals surface area contributed by atoms with Crippen molar-refractivity contribution in [3.05, 3.63) is 48.9 Å². The summed E-state index contributed by atoms with van der Waals surface area (Å²) in [5, 5.41) is 10.2. The first-order chi connectivity index (χ1) is 10.9. The molecule has 0 bridgehead atoms. The minimum atomic E-state index is -3.73. The Morgan fingerprint density at radius 3 is 2.48 bits per heavy atom. The fourth-order valence-electron chi connectivity index (χ4n) is 2.02. The van der Waals surface area contributed by atoms with E-state index in [1.165, 1.54) is 37.5 Å². The first-order valence-corrected chi connectivity index (χ1v) is 8.12. The summed E-state index contributed by atoms with van der Waals surface area (Å²) in [6, 6.07) is 9.16. The topological polar surface area (TPSA) is 105 Å². The molecule has 0 aliphatic carbocycles. The number of pyridine rings is 1. The quantitative estimate of drug-likeness (QED) is 0.753. The molecule has 0 radical (unpaired) electrons. The van der Waals surface area contributed by atoms with Gasteiger partial charge in [-0.15, -0.1) is 10.2 Å². The number of aromatic nitrogens is 3. The molecule has 0 saturated carbocycles. The van der Waals surface area contributed by atoms with Crippen LogP contribution in [0.15, 0.2) is 53.8 Å². The molecule has 0 spiro atoms. The summed E-state index contributed by atoms with van der Waals surface area (Å²) in [5.41, 5.74) is 1.54. The molecule has 1 amide bonds. The molecule has 0 unspecified atom stereocenters. The van der Waals surface area contributed by atoms with Crippen molar-refractivity contribution < 1.29 is 13.2 Å². The molecule has 23 heavy (non-hydrogen) atoms. The van der Waals surface area contributed by atoms with Gasteiger partial charge in [-0.25, -0.2) is 8.42 Å². The summed E-state index contributed by atoms with van der Waals surface area (Å²) in [4.78, 5) is 11.1. The van der Waals surface area contributed by atoms with Crippen molar-refractivity contribution in [2.45, 2.75) is 11.8 Å². The highest BCUT2D eigenvalue weighted by atomic mass is 32.2. The third-order valence-corrected chi connectivity index (χ3v) is 4.43. The Morgan fingerprint density at radius 1 is 1.09 bits per heavy atom. The first kappa shape index (κ1) is 15.0. The minimum Gasteiger partial charge on any atom is -0.326 e. The molecule has 9 heteroatoms. The molecular formula is C14H13N5O3S. The zero-order chi connectivity index (χ0) is 16.4. The summed E-state index contributed by atoms with van der Waals surface area (Å²) in [7, 11) is -3.73. The number of hydrogen-bond donors (Lipinski definition) is 2. The maximum absolute atomic E-state index is 12.4. The van der Waals surface area contributed by atoms with E-state index in [2.05, 4.69) is 20.2 Å². The number of amides is 1. The Labute approximate surface area is 132 Å². The molecule has 3 rings (SSSR count). The van der Waals surface area contributed by atoms with Gasteiger partial charge in [-0.3, -0.25) is 13.9 Å². The van der Waals surface area contributed by atoms with E-state index in [9.17, 15) is 13.2 Å². The van der Waals surface area contributed by atoms with Gasteiger partial charge in [0.15, 0.2) is 5.65 Å². The predicted octanol–water partition coefficient (Wildman–Crippen LogP) is 1.49. The van der Waals surface area contributed by atoms with Gasteiger partial charge in [-0.05, 0) is 36.4 Å². The monoisotopic (exact) mass is 331 g/mol. The van der Waals surface area contributed by atoms with Crippen LogP contribution in [0.5, 0.6) is 0 Å². The van der Waals surface area contributed by atoms with E-state index >= 15 is 0 Å². The van der Waals surface area contributed by atoms with Gasteiger partial charge >= 0.3 is 0 Å². The van der Waals surface area contributed by atoms with Crippen molar-refractivity contribution in [3.8, 4) is 0 Å². The molecule has 3 aromatic rings. The van der Waals surface area contributed by atoms with Gasteiger partial charge in [0.1, 0.15) is 6.33 Å². The lowest BCUT2D eigenvalue weighted by molar-refractivity contribution is -0.114. The van der Waals surface area contributed by atoms with Crippen LogP contribution in [0.3, 0.4) is 0 Å². The normalized spacial score (nSPS) is 11.3. The van der Waals surface area contributed by atoms with Crippen molar-refractivity contribution in [3.63, 3.8) is 0 Å². The van der Waals surface area contributed by atoms with Gasteiger partial charge in [0.2, 0.25) is 5.91 Å². The molecule has 0 saturated heterocycles.